The lowest BCUT2D eigenvalue weighted by Crippen LogP contribution is -2.14. The van der Waals surface area contributed by atoms with Crippen LogP contribution in [0.3, 0.4) is 0 Å². The maximum atomic E-state index is 11.6. The fourth-order valence-corrected chi connectivity index (χ4v) is 5.56. The average Bonchev–Trinajstić information content (AvgIpc) is 3.70. The molecule has 1 aromatic carbocycles. The number of ether oxygens (including phenoxy) is 2. The van der Waals surface area contributed by atoms with Gasteiger partial charge in [-0.2, -0.15) is 0 Å². The minimum absolute atomic E-state index is 0.109. The third-order valence-corrected chi connectivity index (χ3v) is 7.24. The Morgan fingerprint density at radius 3 is 2.51 bits per heavy atom. The highest BCUT2D eigenvalue weighted by Gasteiger charge is 2.10. The molecule has 6 rings (SSSR count). The number of hydrogen-bond donors (Lipinski definition) is 1. The van der Waals surface area contributed by atoms with Crippen LogP contribution in [0.15, 0.2) is 66.7 Å². The van der Waals surface area contributed by atoms with Crippen LogP contribution >= 0.6 is 11.3 Å². The maximum absolute atomic E-state index is 11.6. The quantitative estimate of drug-likeness (QED) is 0.271. The number of hydrogen-bond acceptors (Lipinski definition) is 6. The molecule has 0 unspecified atom stereocenters. The SMILES string of the molecule is CCOC(=O)COc1ccc(-c2c3ccc(cc4nc(cc5nc(cc6ccc2s6)CC5)C=C4)[nH]3)cc1. The molecule has 0 amide bonds. The third-order valence-electron chi connectivity index (χ3n) is 6.19. The summed E-state index contributed by atoms with van der Waals surface area (Å²) in [6, 6.07) is 22.6. The normalized spacial score (nSPS) is 12.5. The van der Waals surface area contributed by atoms with Crippen LogP contribution in [0.1, 0.15) is 29.7 Å². The number of nitrogens with zero attached hydrogens (tertiary/aromatic N) is 2. The molecule has 0 aliphatic carbocycles. The van der Waals surface area contributed by atoms with Gasteiger partial charge in [0.05, 0.1) is 18.0 Å². The number of esters is 1. The van der Waals surface area contributed by atoms with E-state index in [1.54, 1.807) is 18.3 Å². The molecule has 1 N–H and O–H groups in total. The summed E-state index contributed by atoms with van der Waals surface area (Å²) in [5, 5.41) is 0. The van der Waals surface area contributed by atoms with Crippen LogP contribution in [0.25, 0.3) is 43.7 Å². The van der Waals surface area contributed by atoms with Gasteiger partial charge in [0.2, 0.25) is 0 Å². The zero-order valence-corrected chi connectivity index (χ0v) is 21.2. The minimum Gasteiger partial charge on any atom is -0.482 e. The van der Waals surface area contributed by atoms with Gasteiger partial charge in [-0.3, -0.25) is 4.98 Å². The second kappa shape index (κ2) is 10.0. The number of aryl methyl sites for hydroxylation is 2. The van der Waals surface area contributed by atoms with Gasteiger partial charge in [-0.25, -0.2) is 9.78 Å². The standard InChI is InChI=1S/C30H25N3O3S/c1-2-35-29(34)18-36-25-10-3-19(4-11-25)30-27-13-9-23(33-27)16-22-6-5-20(31-22)15-21-7-8-24(32-21)17-26-12-14-28(30)37-26/h3-6,9-17,33H,2,7-8,18H2,1H3. The molecule has 7 heteroatoms. The summed E-state index contributed by atoms with van der Waals surface area (Å²) >= 11 is 1.74. The molecule has 0 saturated carbocycles. The number of carbonyl (C=O) groups is 1. The predicted molar refractivity (Wildman–Crippen MR) is 148 cm³/mol. The van der Waals surface area contributed by atoms with Crippen molar-refractivity contribution in [2.75, 3.05) is 13.2 Å². The molecule has 0 fully saturated rings. The van der Waals surface area contributed by atoms with Gasteiger partial charge in [-0.15, -0.1) is 11.3 Å². The Balaban J connectivity index is 1.49. The van der Waals surface area contributed by atoms with Crippen LogP contribution in [0, 0.1) is 0 Å². The fraction of sp³-hybridized carbons (Fsp3) is 0.167. The van der Waals surface area contributed by atoms with E-state index < -0.39 is 0 Å². The van der Waals surface area contributed by atoms with Crippen LogP contribution in [0.5, 0.6) is 5.75 Å². The van der Waals surface area contributed by atoms with Crippen molar-refractivity contribution in [1.82, 2.24) is 15.0 Å². The van der Waals surface area contributed by atoms with Crippen molar-refractivity contribution in [1.29, 1.82) is 0 Å². The topological polar surface area (TPSA) is 77.1 Å². The van der Waals surface area contributed by atoms with Crippen molar-refractivity contribution >= 4 is 49.9 Å². The number of H-pyrrole nitrogens is 1. The predicted octanol–water partition coefficient (Wildman–Crippen LogP) is 6.61. The molecule has 0 spiro atoms. The second-order valence-corrected chi connectivity index (χ2v) is 9.96. The number of thiophene rings is 1. The van der Waals surface area contributed by atoms with Crippen molar-refractivity contribution in [2.45, 2.75) is 19.8 Å². The number of carbonyl (C=O) groups excluding carboxylic acids is 1. The summed E-state index contributed by atoms with van der Waals surface area (Å²) < 4.78 is 12.9. The van der Waals surface area contributed by atoms with Gasteiger partial charge in [0.1, 0.15) is 5.75 Å². The van der Waals surface area contributed by atoms with E-state index in [0.29, 0.717) is 12.4 Å². The number of aromatic amines is 1. The molecule has 3 aromatic heterocycles. The molecule has 8 bridgehead atoms. The molecule has 2 aliphatic heterocycles. The van der Waals surface area contributed by atoms with E-state index in [1.165, 1.54) is 4.70 Å². The van der Waals surface area contributed by atoms with Crippen molar-refractivity contribution in [2.24, 2.45) is 0 Å². The smallest absolute Gasteiger partial charge is 0.344 e. The Morgan fingerprint density at radius 1 is 0.919 bits per heavy atom. The molecule has 5 heterocycles. The summed E-state index contributed by atoms with van der Waals surface area (Å²) in [5.74, 6) is 0.240. The Kier molecular flexibility index (Phi) is 6.28. The van der Waals surface area contributed by atoms with Gasteiger partial charge in [-0.05, 0) is 92.1 Å². The molecular weight excluding hydrogens is 482 g/mol. The highest BCUT2D eigenvalue weighted by Crippen LogP contribution is 2.34. The number of benzene rings is 1. The van der Waals surface area contributed by atoms with Crippen LogP contribution < -0.4 is 4.74 Å². The van der Waals surface area contributed by atoms with E-state index in [1.807, 2.05) is 36.4 Å². The van der Waals surface area contributed by atoms with E-state index in [0.717, 1.165) is 62.5 Å². The number of fused-ring (bicyclic) bond motifs is 8. The summed E-state index contributed by atoms with van der Waals surface area (Å²) in [6.45, 7) is 2.01. The number of rotatable bonds is 5. The Bertz CT molecular complexity index is 1670. The van der Waals surface area contributed by atoms with Gasteiger partial charge in [0.15, 0.2) is 6.61 Å². The van der Waals surface area contributed by atoms with Crippen LogP contribution in [-0.2, 0) is 22.4 Å². The Labute approximate surface area is 218 Å². The van der Waals surface area contributed by atoms with Gasteiger partial charge in [0.25, 0.3) is 0 Å². The second-order valence-electron chi connectivity index (χ2n) is 8.84. The lowest BCUT2D eigenvalue weighted by Gasteiger charge is -2.07. The monoisotopic (exact) mass is 507 g/mol. The van der Waals surface area contributed by atoms with Crippen LogP contribution in [0.2, 0.25) is 0 Å². The van der Waals surface area contributed by atoms with E-state index in [2.05, 4.69) is 47.4 Å². The molecular formula is C30H25N3O3S. The van der Waals surface area contributed by atoms with E-state index >= 15 is 0 Å². The van der Waals surface area contributed by atoms with Crippen LogP contribution in [-0.4, -0.2) is 34.1 Å². The average molecular weight is 508 g/mol. The maximum Gasteiger partial charge on any atom is 0.344 e. The largest absolute Gasteiger partial charge is 0.482 e. The molecule has 0 saturated heterocycles. The minimum atomic E-state index is -0.378. The first-order valence-electron chi connectivity index (χ1n) is 12.3. The molecule has 4 aromatic rings. The molecule has 6 nitrogen and oxygen atoms in total. The first-order chi connectivity index (χ1) is 18.1. The number of aromatic nitrogens is 3. The van der Waals surface area contributed by atoms with Crippen molar-refractivity contribution in [3.05, 3.63) is 89.5 Å². The van der Waals surface area contributed by atoms with Crippen molar-refractivity contribution in [3.63, 3.8) is 0 Å². The van der Waals surface area contributed by atoms with Crippen LogP contribution in [0.4, 0.5) is 0 Å². The summed E-state index contributed by atoms with van der Waals surface area (Å²) in [5.41, 5.74) is 8.14. The third kappa shape index (κ3) is 5.17. The zero-order chi connectivity index (χ0) is 25.2. The zero-order valence-electron chi connectivity index (χ0n) is 20.4. The van der Waals surface area contributed by atoms with Crippen molar-refractivity contribution in [3.8, 4) is 16.9 Å². The van der Waals surface area contributed by atoms with Gasteiger partial charge >= 0.3 is 5.97 Å². The molecule has 37 heavy (non-hydrogen) atoms. The van der Waals surface area contributed by atoms with E-state index in [4.69, 9.17) is 19.4 Å². The Morgan fingerprint density at radius 2 is 1.70 bits per heavy atom. The summed E-state index contributed by atoms with van der Waals surface area (Å²) in [7, 11) is 0. The van der Waals surface area contributed by atoms with Gasteiger partial charge in [0, 0.05) is 37.4 Å². The molecule has 2 aliphatic rings. The lowest BCUT2D eigenvalue weighted by molar-refractivity contribution is -0.145. The molecule has 0 atom stereocenters. The highest BCUT2D eigenvalue weighted by molar-refractivity contribution is 7.24. The first kappa shape index (κ1) is 23.2. The number of nitrogens with one attached hydrogen (secondary N) is 1. The first-order valence-corrected chi connectivity index (χ1v) is 13.1. The summed E-state index contributed by atoms with van der Waals surface area (Å²) in [4.78, 5) is 24.8. The highest BCUT2D eigenvalue weighted by atomic mass is 32.1. The molecule has 184 valence electrons. The molecule has 0 radical (unpaired) electrons. The summed E-state index contributed by atoms with van der Waals surface area (Å²) in [6.07, 6.45) is 5.92. The lowest BCUT2D eigenvalue weighted by atomic mass is 10.1. The van der Waals surface area contributed by atoms with Gasteiger partial charge in [-0.1, -0.05) is 12.1 Å². The fourth-order valence-electron chi connectivity index (χ4n) is 4.51. The van der Waals surface area contributed by atoms with Gasteiger partial charge < -0.3 is 14.5 Å². The van der Waals surface area contributed by atoms with E-state index in [9.17, 15) is 4.79 Å². The Hall–Kier alpha value is -4.23. The van der Waals surface area contributed by atoms with E-state index in [-0.39, 0.29) is 12.6 Å². The van der Waals surface area contributed by atoms with Crippen molar-refractivity contribution < 1.29 is 14.3 Å².